The van der Waals surface area contributed by atoms with Crippen LogP contribution < -0.4 is 15.8 Å². The molecule has 0 aromatic heterocycles. The lowest BCUT2D eigenvalue weighted by Gasteiger charge is -2.37. The summed E-state index contributed by atoms with van der Waals surface area (Å²) < 4.78 is 40.0. The molecule has 1 fully saturated rings. The molecular weight excluding hydrogens is 333 g/mol. The van der Waals surface area contributed by atoms with Crippen molar-refractivity contribution >= 4 is 24.0 Å². The molecule has 130 valence electrons. The van der Waals surface area contributed by atoms with Gasteiger partial charge in [0.15, 0.2) is 0 Å². The molecule has 1 aliphatic carbocycles. The van der Waals surface area contributed by atoms with Crippen molar-refractivity contribution in [3.05, 3.63) is 24.3 Å². The smallest absolute Gasteiger partial charge is 0.406 e. The average molecular weight is 353 g/mol. The van der Waals surface area contributed by atoms with Crippen molar-refractivity contribution in [2.75, 3.05) is 5.32 Å². The Kier molecular flexibility index (Phi) is 6.30. The fourth-order valence-electron chi connectivity index (χ4n) is 2.76. The number of alkyl halides is 3. The van der Waals surface area contributed by atoms with Crippen LogP contribution in [0.5, 0.6) is 5.75 Å². The molecule has 0 radical (unpaired) electrons. The fourth-order valence-corrected chi connectivity index (χ4v) is 2.76. The Morgan fingerprint density at radius 2 is 1.91 bits per heavy atom. The van der Waals surface area contributed by atoms with E-state index in [1.165, 1.54) is 12.1 Å². The third-order valence-corrected chi connectivity index (χ3v) is 3.93. The van der Waals surface area contributed by atoms with Crippen molar-refractivity contribution in [2.45, 2.75) is 44.5 Å². The Hall–Kier alpha value is -1.47. The minimum absolute atomic E-state index is 0. The number of hydrogen-bond donors (Lipinski definition) is 2. The SMILES string of the molecule is CC1(N)CCCCC1C(=O)Nc1ccc(OC(F)(F)F)cc1.Cl. The number of benzene rings is 1. The van der Waals surface area contributed by atoms with E-state index in [4.69, 9.17) is 5.73 Å². The van der Waals surface area contributed by atoms with Gasteiger partial charge in [0.1, 0.15) is 5.75 Å². The van der Waals surface area contributed by atoms with E-state index in [0.717, 1.165) is 31.4 Å². The quantitative estimate of drug-likeness (QED) is 0.868. The zero-order chi connectivity index (χ0) is 16.4. The minimum Gasteiger partial charge on any atom is -0.406 e. The molecular formula is C15H20ClF3N2O2. The predicted molar refractivity (Wildman–Crippen MR) is 83.6 cm³/mol. The van der Waals surface area contributed by atoms with Crippen LogP contribution in [0.3, 0.4) is 0 Å². The third-order valence-electron chi connectivity index (χ3n) is 3.93. The van der Waals surface area contributed by atoms with Gasteiger partial charge in [-0.15, -0.1) is 25.6 Å². The normalized spacial score (nSPS) is 24.5. The van der Waals surface area contributed by atoms with Gasteiger partial charge in [0, 0.05) is 11.2 Å². The van der Waals surface area contributed by atoms with Crippen LogP contribution in [0.4, 0.5) is 18.9 Å². The third kappa shape index (κ3) is 5.58. The Morgan fingerprint density at radius 3 is 2.43 bits per heavy atom. The van der Waals surface area contributed by atoms with Crippen molar-refractivity contribution in [1.29, 1.82) is 0 Å². The Labute approximate surface area is 139 Å². The van der Waals surface area contributed by atoms with Crippen LogP contribution in [0.1, 0.15) is 32.6 Å². The maximum atomic E-state index is 12.3. The van der Waals surface area contributed by atoms with E-state index < -0.39 is 11.9 Å². The van der Waals surface area contributed by atoms with Crippen LogP contribution >= 0.6 is 12.4 Å². The van der Waals surface area contributed by atoms with Gasteiger partial charge in [0.25, 0.3) is 0 Å². The zero-order valence-corrected chi connectivity index (χ0v) is 13.5. The molecule has 2 rings (SSSR count). The molecule has 1 aromatic rings. The number of anilines is 1. The summed E-state index contributed by atoms with van der Waals surface area (Å²) in [6, 6.07) is 5.06. The summed E-state index contributed by atoms with van der Waals surface area (Å²) in [5.41, 5.74) is 6.03. The van der Waals surface area contributed by atoms with E-state index in [1.807, 2.05) is 6.92 Å². The molecule has 1 aliphatic rings. The first-order valence-corrected chi connectivity index (χ1v) is 7.13. The van der Waals surface area contributed by atoms with Crippen LogP contribution in [0.2, 0.25) is 0 Å². The monoisotopic (exact) mass is 352 g/mol. The Balaban J connectivity index is 0.00000264. The summed E-state index contributed by atoms with van der Waals surface area (Å²) in [5.74, 6) is -0.826. The van der Waals surface area contributed by atoms with Gasteiger partial charge < -0.3 is 15.8 Å². The van der Waals surface area contributed by atoms with Gasteiger partial charge in [-0.1, -0.05) is 12.8 Å². The number of halogens is 4. The first-order chi connectivity index (χ1) is 10.2. The van der Waals surface area contributed by atoms with Crippen molar-refractivity contribution < 1.29 is 22.7 Å². The number of carbonyl (C=O) groups excluding carboxylic acids is 1. The second kappa shape index (κ2) is 7.40. The molecule has 23 heavy (non-hydrogen) atoms. The fraction of sp³-hybridized carbons (Fsp3) is 0.533. The lowest BCUT2D eigenvalue weighted by Crippen LogP contribution is -2.51. The highest BCUT2D eigenvalue weighted by molar-refractivity contribution is 5.93. The molecule has 0 spiro atoms. The number of nitrogens with one attached hydrogen (secondary N) is 1. The second-order valence-electron chi connectivity index (χ2n) is 5.87. The molecule has 4 nitrogen and oxygen atoms in total. The molecule has 1 saturated carbocycles. The van der Waals surface area contributed by atoms with Crippen LogP contribution in [-0.4, -0.2) is 17.8 Å². The Bertz CT molecular complexity index is 533. The second-order valence-corrected chi connectivity index (χ2v) is 5.87. The van der Waals surface area contributed by atoms with E-state index in [9.17, 15) is 18.0 Å². The highest BCUT2D eigenvalue weighted by Gasteiger charge is 2.37. The van der Waals surface area contributed by atoms with Crippen molar-refractivity contribution in [1.82, 2.24) is 0 Å². The lowest BCUT2D eigenvalue weighted by atomic mass is 9.74. The van der Waals surface area contributed by atoms with Gasteiger partial charge in [-0.05, 0) is 44.0 Å². The maximum Gasteiger partial charge on any atom is 0.573 e. The summed E-state index contributed by atoms with van der Waals surface area (Å²) in [4.78, 5) is 12.3. The first-order valence-electron chi connectivity index (χ1n) is 7.13. The summed E-state index contributed by atoms with van der Waals surface area (Å²) in [5, 5.41) is 2.70. The molecule has 1 aromatic carbocycles. The van der Waals surface area contributed by atoms with Crippen LogP contribution in [-0.2, 0) is 4.79 Å². The molecule has 1 amide bonds. The van der Waals surface area contributed by atoms with Crippen molar-refractivity contribution in [2.24, 2.45) is 11.7 Å². The summed E-state index contributed by atoms with van der Waals surface area (Å²) in [6.07, 6.45) is -1.28. The first kappa shape index (κ1) is 19.6. The standard InChI is InChI=1S/C15H19F3N2O2.ClH/c1-14(19)9-3-2-4-12(14)13(21)20-10-5-7-11(8-6-10)22-15(16,17)18;/h5-8,12H,2-4,9,19H2,1H3,(H,20,21);1H. The van der Waals surface area contributed by atoms with E-state index in [2.05, 4.69) is 10.1 Å². The average Bonchev–Trinajstić information content (AvgIpc) is 2.38. The van der Waals surface area contributed by atoms with E-state index in [1.54, 1.807) is 0 Å². The van der Waals surface area contributed by atoms with Gasteiger partial charge in [-0.3, -0.25) is 4.79 Å². The van der Waals surface area contributed by atoms with Crippen molar-refractivity contribution in [3.8, 4) is 5.75 Å². The van der Waals surface area contributed by atoms with E-state index in [-0.39, 0.29) is 30.0 Å². The number of ether oxygens (including phenoxy) is 1. The highest BCUT2D eigenvalue weighted by Crippen LogP contribution is 2.32. The van der Waals surface area contributed by atoms with Crippen LogP contribution in [0.15, 0.2) is 24.3 Å². The topological polar surface area (TPSA) is 64.4 Å². The summed E-state index contributed by atoms with van der Waals surface area (Å²) in [6.45, 7) is 1.86. The molecule has 0 heterocycles. The van der Waals surface area contributed by atoms with Gasteiger partial charge in [-0.25, -0.2) is 0 Å². The maximum absolute atomic E-state index is 12.3. The summed E-state index contributed by atoms with van der Waals surface area (Å²) in [7, 11) is 0. The molecule has 2 unspecified atom stereocenters. The number of nitrogens with two attached hydrogens (primary N) is 1. The summed E-state index contributed by atoms with van der Waals surface area (Å²) >= 11 is 0. The molecule has 0 aliphatic heterocycles. The van der Waals surface area contributed by atoms with Gasteiger partial charge in [0.05, 0.1) is 5.92 Å². The van der Waals surface area contributed by atoms with Crippen LogP contribution in [0, 0.1) is 5.92 Å². The zero-order valence-electron chi connectivity index (χ0n) is 12.7. The Morgan fingerprint density at radius 1 is 1.30 bits per heavy atom. The van der Waals surface area contributed by atoms with E-state index in [0.29, 0.717) is 12.1 Å². The lowest BCUT2D eigenvalue weighted by molar-refractivity contribution is -0.274. The molecule has 8 heteroatoms. The highest BCUT2D eigenvalue weighted by atomic mass is 35.5. The van der Waals surface area contributed by atoms with Gasteiger partial charge in [-0.2, -0.15) is 0 Å². The predicted octanol–water partition coefficient (Wildman–Crippen LogP) is 3.85. The number of rotatable bonds is 3. The van der Waals surface area contributed by atoms with Gasteiger partial charge in [0.2, 0.25) is 5.91 Å². The number of carbonyl (C=O) groups is 1. The molecule has 0 bridgehead atoms. The van der Waals surface area contributed by atoms with Crippen LogP contribution in [0.25, 0.3) is 0 Å². The van der Waals surface area contributed by atoms with Gasteiger partial charge >= 0.3 is 6.36 Å². The number of hydrogen-bond acceptors (Lipinski definition) is 3. The molecule has 3 N–H and O–H groups in total. The largest absolute Gasteiger partial charge is 0.573 e. The van der Waals surface area contributed by atoms with E-state index >= 15 is 0 Å². The number of amides is 1. The minimum atomic E-state index is -4.73. The van der Waals surface area contributed by atoms with Crippen molar-refractivity contribution in [3.63, 3.8) is 0 Å². The molecule has 0 saturated heterocycles. The molecule has 2 atom stereocenters.